The zero-order valence-corrected chi connectivity index (χ0v) is 13.9. The number of rotatable bonds is 2. The molecule has 1 saturated heterocycles. The van der Waals surface area contributed by atoms with Crippen molar-refractivity contribution in [3.63, 3.8) is 0 Å². The molecule has 0 amide bonds. The Bertz CT molecular complexity index is 913. The fraction of sp³-hybridized carbons (Fsp3) is 0.421. The highest BCUT2D eigenvalue weighted by Gasteiger charge is 2.32. The summed E-state index contributed by atoms with van der Waals surface area (Å²) in [4.78, 5) is 20.0. The summed E-state index contributed by atoms with van der Waals surface area (Å²) in [5, 5.41) is 0. The Balaban J connectivity index is 1.56. The van der Waals surface area contributed by atoms with Crippen molar-refractivity contribution in [2.75, 3.05) is 11.4 Å². The predicted molar refractivity (Wildman–Crippen MR) is 94.2 cm³/mol. The molecule has 5 rings (SSSR count). The molecule has 1 N–H and O–H groups in total. The summed E-state index contributed by atoms with van der Waals surface area (Å²) in [7, 11) is 0. The van der Waals surface area contributed by atoms with Crippen LogP contribution in [-0.2, 0) is 12.8 Å². The number of hydrogen-bond donors (Lipinski definition) is 1. The topological polar surface area (TPSA) is 57.7 Å². The third-order valence-corrected chi connectivity index (χ3v) is 5.35. The molecule has 3 aromatic rings. The Kier molecular flexibility index (Phi) is 3.08. The van der Waals surface area contributed by atoms with Gasteiger partial charge in [-0.05, 0) is 56.7 Å². The van der Waals surface area contributed by atoms with Crippen LogP contribution in [0, 0.1) is 6.92 Å². The first kappa shape index (κ1) is 14.0. The van der Waals surface area contributed by atoms with Gasteiger partial charge >= 0.3 is 0 Å². The fourth-order valence-electron chi connectivity index (χ4n) is 4.20. The summed E-state index contributed by atoms with van der Waals surface area (Å²) < 4.78 is 0. The van der Waals surface area contributed by atoms with E-state index in [1.54, 1.807) is 6.33 Å². The van der Waals surface area contributed by atoms with E-state index in [0.29, 0.717) is 0 Å². The van der Waals surface area contributed by atoms with Gasteiger partial charge in [-0.15, -0.1) is 0 Å². The van der Waals surface area contributed by atoms with Gasteiger partial charge < -0.3 is 9.88 Å². The molecule has 1 aromatic carbocycles. The second-order valence-electron chi connectivity index (χ2n) is 6.97. The van der Waals surface area contributed by atoms with Gasteiger partial charge in [0.2, 0.25) is 0 Å². The van der Waals surface area contributed by atoms with E-state index in [9.17, 15) is 0 Å². The smallest absolute Gasteiger partial charge is 0.136 e. The molecular weight excluding hydrogens is 298 g/mol. The SMILES string of the molecule is Cc1ccc2nc(C3CCCN3c3ncnc4c3CCC4)[nH]c2c1. The molecule has 0 bridgehead atoms. The number of hydrogen-bond acceptors (Lipinski definition) is 4. The van der Waals surface area contributed by atoms with Crippen LogP contribution >= 0.6 is 0 Å². The maximum atomic E-state index is 4.86. The first-order valence-corrected chi connectivity index (χ1v) is 8.85. The summed E-state index contributed by atoms with van der Waals surface area (Å²) in [5.41, 5.74) is 6.04. The summed E-state index contributed by atoms with van der Waals surface area (Å²) in [6, 6.07) is 6.69. The van der Waals surface area contributed by atoms with Crippen molar-refractivity contribution in [3.05, 3.63) is 47.2 Å². The Hall–Kier alpha value is -2.43. The first-order chi connectivity index (χ1) is 11.8. The van der Waals surface area contributed by atoms with E-state index in [4.69, 9.17) is 4.98 Å². The number of H-pyrrole nitrogens is 1. The molecule has 2 aromatic heterocycles. The van der Waals surface area contributed by atoms with Crippen molar-refractivity contribution in [2.45, 2.75) is 45.1 Å². The van der Waals surface area contributed by atoms with Crippen molar-refractivity contribution in [3.8, 4) is 0 Å². The lowest BCUT2D eigenvalue weighted by molar-refractivity contribution is 0.669. The van der Waals surface area contributed by atoms with Gasteiger partial charge in [-0.2, -0.15) is 0 Å². The van der Waals surface area contributed by atoms with Crippen LogP contribution in [0.25, 0.3) is 11.0 Å². The predicted octanol–water partition coefficient (Wildman–Crippen LogP) is 3.49. The largest absolute Gasteiger partial charge is 0.346 e. The highest BCUT2D eigenvalue weighted by atomic mass is 15.3. The lowest BCUT2D eigenvalue weighted by Gasteiger charge is -2.26. The average Bonchev–Trinajstić information content (AvgIpc) is 3.31. The minimum Gasteiger partial charge on any atom is -0.346 e. The summed E-state index contributed by atoms with van der Waals surface area (Å²) >= 11 is 0. The summed E-state index contributed by atoms with van der Waals surface area (Å²) in [6.45, 7) is 3.16. The highest BCUT2D eigenvalue weighted by molar-refractivity contribution is 5.76. The molecule has 3 heterocycles. The minimum atomic E-state index is 0.289. The van der Waals surface area contributed by atoms with E-state index in [0.717, 1.165) is 48.5 Å². The van der Waals surface area contributed by atoms with Crippen molar-refractivity contribution in [2.24, 2.45) is 0 Å². The maximum Gasteiger partial charge on any atom is 0.136 e. The Morgan fingerprint density at radius 3 is 3.08 bits per heavy atom. The van der Waals surface area contributed by atoms with E-state index >= 15 is 0 Å². The number of aryl methyl sites for hydroxylation is 2. The molecule has 1 atom stereocenters. The highest BCUT2D eigenvalue weighted by Crippen LogP contribution is 2.38. The zero-order valence-electron chi connectivity index (χ0n) is 13.9. The maximum absolute atomic E-state index is 4.86. The second kappa shape index (κ2) is 5.30. The molecule has 24 heavy (non-hydrogen) atoms. The Morgan fingerprint density at radius 1 is 1.17 bits per heavy atom. The normalized spacial score (nSPS) is 20.0. The number of imidazole rings is 1. The summed E-state index contributed by atoms with van der Waals surface area (Å²) in [6.07, 6.45) is 7.43. The zero-order chi connectivity index (χ0) is 16.1. The third kappa shape index (κ3) is 2.11. The number of nitrogens with zero attached hydrogens (tertiary/aromatic N) is 4. The molecule has 0 radical (unpaired) electrons. The van der Waals surface area contributed by atoms with Crippen LogP contribution in [0.2, 0.25) is 0 Å². The molecule has 1 aliphatic carbocycles. The molecular formula is C19H21N5. The quantitative estimate of drug-likeness (QED) is 0.785. The Morgan fingerprint density at radius 2 is 2.12 bits per heavy atom. The molecule has 1 unspecified atom stereocenters. The molecule has 0 saturated carbocycles. The van der Waals surface area contributed by atoms with Gasteiger partial charge in [0.05, 0.1) is 17.1 Å². The van der Waals surface area contributed by atoms with Gasteiger partial charge in [0.25, 0.3) is 0 Å². The fourth-order valence-corrected chi connectivity index (χ4v) is 4.20. The third-order valence-electron chi connectivity index (χ3n) is 5.35. The number of fused-ring (bicyclic) bond motifs is 2. The number of anilines is 1. The summed E-state index contributed by atoms with van der Waals surface area (Å²) in [5.74, 6) is 2.20. The van der Waals surface area contributed by atoms with Gasteiger partial charge in [0.15, 0.2) is 0 Å². The van der Waals surface area contributed by atoms with Gasteiger partial charge in [0, 0.05) is 17.8 Å². The van der Waals surface area contributed by atoms with Crippen molar-refractivity contribution >= 4 is 16.9 Å². The van der Waals surface area contributed by atoms with Crippen LogP contribution in [0.4, 0.5) is 5.82 Å². The van der Waals surface area contributed by atoms with E-state index in [1.807, 2.05) is 0 Å². The van der Waals surface area contributed by atoms with Crippen LogP contribution in [0.15, 0.2) is 24.5 Å². The average molecular weight is 319 g/mol. The number of aromatic nitrogens is 4. The minimum absolute atomic E-state index is 0.289. The van der Waals surface area contributed by atoms with Gasteiger partial charge in [-0.25, -0.2) is 15.0 Å². The van der Waals surface area contributed by atoms with Crippen LogP contribution in [0.1, 0.15) is 47.9 Å². The molecule has 5 heteroatoms. The number of aromatic amines is 1. The lowest BCUT2D eigenvalue weighted by Crippen LogP contribution is -2.25. The van der Waals surface area contributed by atoms with E-state index in [-0.39, 0.29) is 6.04 Å². The second-order valence-corrected chi connectivity index (χ2v) is 6.97. The molecule has 1 aliphatic heterocycles. The first-order valence-electron chi connectivity index (χ1n) is 8.85. The molecule has 5 nitrogen and oxygen atoms in total. The van der Waals surface area contributed by atoms with E-state index < -0.39 is 0 Å². The molecule has 1 fully saturated rings. The molecule has 122 valence electrons. The van der Waals surface area contributed by atoms with Crippen molar-refractivity contribution < 1.29 is 0 Å². The van der Waals surface area contributed by atoms with E-state index in [2.05, 4.69) is 45.0 Å². The standard InChI is InChI=1S/C19H21N5/c1-12-7-8-15-16(10-12)23-18(22-15)17-6-3-9-24(17)19-13-4-2-5-14(13)20-11-21-19/h7-8,10-11,17H,2-6,9H2,1H3,(H,22,23). The number of benzene rings is 1. The van der Waals surface area contributed by atoms with Crippen LogP contribution < -0.4 is 4.90 Å². The van der Waals surface area contributed by atoms with Gasteiger partial charge in [0.1, 0.15) is 18.0 Å². The van der Waals surface area contributed by atoms with Crippen LogP contribution in [0.5, 0.6) is 0 Å². The van der Waals surface area contributed by atoms with E-state index in [1.165, 1.54) is 29.7 Å². The Labute approximate surface area is 141 Å². The lowest BCUT2D eigenvalue weighted by atomic mass is 10.2. The van der Waals surface area contributed by atoms with Crippen molar-refractivity contribution in [1.82, 2.24) is 19.9 Å². The number of nitrogens with one attached hydrogen (secondary N) is 1. The van der Waals surface area contributed by atoms with Crippen LogP contribution in [-0.4, -0.2) is 26.5 Å². The van der Waals surface area contributed by atoms with Crippen molar-refractivity contribution in [1.29, 1.82) is 0 Å². The van der Waals surface area contributed by atoms with Crippen LogP contribution in [0.3, 0.4) is 0 Å². The monoisotopic (exact) mass is 319 g/mol. The van der Waals surface area contributed by atoms with Gasteiger partial charge in [-0.3, -0.25) is 0 Å². The van der Waals surface area contributed by atoms with Gasteiger partial charge in [-0.1, -0.05) is 6.07 Å². The molecule has 0 spiro atoms. The molecule has 2 aliphatic rings.